The zero-order chi connectivity index (χ0) is 14.8. The van der Waals surface area contributed by atoms with Crippen LogP contribution in [0.4, 0.5) is 0 Å². The van der Waals surface area contributed by atoms with Crippen LogP contribution in [0.2, 0.25) is 5.02 Å². The van der Waals surface area contributed by atoms with E-state index in [4.69, 9.17) is 16.3 Å². The van der Waals surface area contributed by atoms with E-state index in [9.17, 15) is 4.79 Å². The summed E-state index contributed by atoms with van der Waals surface area (Å²) in [6.45, 7) is 1.86. The van der Waals surface area contributed by atoms with E-state index in [0.29, 0.717) is 16.7 Å². The molecule has 1 aromatic carbocycles. The van der Waals surface area contributed by atoms with Crippen LogP contribution in [0.5, 0.6) is 5.75 Å². The lowest BCUT2D eigenvalue weighted by Crippen LogP contribution is -2.27. The first-order chi connectivity index (χ1) is 10.1. The lowest BCUT2D eigenvalue weighted by Gasteiger charge is -2.12. The number of carbonyl (C=O) groups is 1. The molecule has 2 saturated carbocycles. The van der Waals surface area contributed by atoms with Crippen LogP contribution in [0, 0.1) is 18.8 Å². The fraction of sp³-hybridized carbons (Fsp3) is 0.500. The molecule has 1 N–H and O–H groups in total. The number of hydrazone groups is 1. The molecule has 21 heavy (non-hydrogen) atoms. The third kappa shape index (κ3) is 3.38. The normalized spacial score (nSPS) is 25.3. The highest BCUT2D eigenvalue weighted by molar-refractivity contribution is 6.30. The van der Waals surface area contributed by atoms with Gasteiger partial charge in [0, 0.05) is 10.7 Å². The fourth-order valence-corrected chi connectivity index (χ4v) is 3.47. The molecule has 0 spiro atoms. The van der Waals surface area contributed by atoms with Gasteiger partial charge in [0.05, 0.1) is 0 Å². The Hall–Kier alpha value is -1.55. The number of amides is 1. The molecule has 2 fully saturated rings. The van der Waals surface area contributed by atoms with Crippen LogP contribution >= 0.6 is 11.6 Å². The summed E-state index contributed by atoms with van der Waals surface area (Å²) < 4.78 is 5.49. The summed E-state index contributed by atoms with van der Waals surface area (Å²) >= 11 is 5.88. The zero-order valence-corrected chi connectivity index (χ0v) is 12.8. The highest BCUT2D eigenvalue weighted by Crippen LogP contribution is 2.42. The van der Waals surface area contributed by atoms with Gasteiger partial charge in [-0.2, -0.15) is 5.10 Å². The van der Waals surface area contributed by atoms with Crippen molar-refractivity contribution in [3.05, 3.63) is 28.8 Å². The molecule has 1 aromatic rings. The maximum absolute atomic E-state index is 11.8. The Morgan fingerprint density at radius 1 is 1.48 bits per heavy atom. The van der Waals surface area contributed by atoms with E-state index in [1.807, 2.05) is 13.0 Å². The standard InChI is InChI=1S/C16H19ClN2O2/c1-10-6-13(17)4-5-15(10)21-9-16(20)19-18-14-8-11-2-3-12(14)7-11/h4-6,11-12H,2-3,7-9H2,1H3,(H,19,20). The van der Waals surface area contributed by atoms with E-state index in [1.54, 1.807) is 12.1 Å². The monoisotopic (exact) mass is 306 g/mol. The molecule has 2 aliphatic carbocycles. The Labute approximate surface area is 129 Å². The molecule has 2 unspecified atom stereocenters. The number of fused-ring (bicyclic) bond motifs is 2. The summed E-state index contributed by atoms with van der Waals surface area (Å²) in [5.74, 6) is 1.83. The number of benzene rings is 1. The number of nitrogens with zero attached hydrogens (tertiary/aromatic N) is 1. The molecule has 112 valence electrons. The van der Waals surface area contributed by atoms with E-state index < -0.39 is 0 Å². The minimum atomic E-state index is -0.223. The maximum Gasteiger partial charge on any atom is 0.277 e. The summed E-state index contributed by atoms with van der Waals surface area (Å²) in [4.78, 5) is 11.8. The largest absolute Gasteiger partial charge is 0.483 e. The molecule has 0 saturated heterocycles. The average Bonchev–Trinajstić information content (AvgIpc) is 3.06. The van der Waals surface area contributed by atoms with Crippen LogP contribution in [0.1, 0.15) is 31.2 Å². The van der Waals surface area contributed by atoms with E-state index in [-0.39, 0.29) is 12.5 Å². The first-order valence-corrected chi connectivity index (χ1v) is 7.74. The van der Waals surface area contributed by atoms with Crippen LogP contribution in [-0.4, -0.2) is 18.2 Å². The van der Waals surface area contributed by atoms with Gasteiger partial charge >= 0.3 is 0 Å². The van der Waals surface area contributed by atoms with Crippen molar-refractivity contribution in [3.63, 3.8) is 0 Å². The van der Waals surface area contributed by atoms with E-state index in [2.05, 4.69) is 10.5 Å². The first-order valence-electron chi connectivity index (χ1n) is 7.36. The van der Waals surface area contributed by atoms with Crippen LogP contribution in [-0.2, 0) is 4.79 Å². The van der Waals surface area contributed by atoms with E-state index >= 15 is 0 Å². The van der Waals surface area contributed by atoms with Gasteiger partial charge in [-0.05, 0) is 68.2 Å². The Kier molecular flexibility index (Phi) is 4.15. The van der Waals surface area contributed by atoms with Crippen LogP contribution in [0.15, 0.2) is 23.3 Å². The SMILES string of the molecule is Cc1cc(Cl)ccc1OCC(=O)NN=C1CC2CCC1C2. The number of nitrogens with one attached hydrogen (secondary N) is 1. The zero-order valence-electron chi connectivity index (χ0n) is 12.1. The average molecular weight is 307 g/mol. The molecule has 1 amide bonds. The highest BCUT2D eigenvalue weighted by Gasteiger charge is 2.36. The molecule has 3 rings (SSSR count). The molecule has 2 aliphatic rings. The number of ether oxygens (including phenoxy) is 1. The van der Waals surface area contributed by atoms with Gasteiger partial charge in [-0.3, -0.25) is 4.79 Å². The molecule has 0 aliphatic heterocycles. The van der Waals surface area contributed by atoms with E-state index in [1.165, 1.54) is 19.3 Å². The van der Waals surface area contributed by atoms with Crippen molar-refractivity contribution in [2.24, 2.45) is 16.9 Å². The Morgan fingerprint density at radius 3 is 3.00 bits per heavy atom. The molecule has 2 atom stereocenters. The summed E-state index contributed by atoms with van der Waals surface area (Å²) in [5.41, 5.74) is 4.68. The van der Waals surface area contributed by atoms with Crippen LogP contribution < -0.4 is 10.2 Å². The quantitative estimate of drug-likeness (QED) is 0.868. The molecular formula is C16H19ClN2O2. The van der Waals surface area contributed by atoms with Crippen molar-refractivity contribution < 1.29 is 9.53 Å². The second-order valence-electron chi connectivity index (χ2n) is 5.92. The Balaban J connectivity index is 1.49. The van der Waals surface area contributed by atoms with Crippen LogP contribution in [0.3, 0.4) is 0 Å². The van der Waals surface area contributed by atoms with Gasteiger partial charge in [0.1, 0.15) is 5.75 Å². The number of hydrogen-bond donors (Lipinski definition) is 1. The molecule has 0 radical (unpaired) electrons. The number of hydrogen-bond acceptors (Lipinski definition) is 3. The Bertz CT molecular complexity index is 586. The van der Waals surface area contributed by atoms with Gasteiger partial charge in [-0.1, -0.05) is 11.6 Å². The summed E-state index contributed by atoms with van der Waals surface area (Å²) in [7, 11) is 0. The second kappa shape index (κ2) is 6.06. The predicted octanol–water partition coefficient (Wildman–Crippen LogP) is 3.32. The van der Waals surface area contributed by atoms with Gasteiger partial charge in [0.15, 0.2) is 6.61 Å². The molecule has 0 heterocycles. The van der Waals surface area contributed by atoms with Gasteiger partial charge < -0.3 is 4.74 Å². The number of halogens is 1. The molecule has 0 aromatic heterocycles. The van der Waals surface area contributed by atoms with Crippen LogP contribution in [0.25, 0.3) is 0 Å². The van der Waals surface area contributed by atoms with Gasteiger partial charge in [-0.15, -0.1) is 0 Å². The van der Waals surface area contributed by atoms with Crippen molar-refractivity contribution in [1.29, 1.82) is 0 Å². The second-order valence-corrected chi connectivity index (χ2v) is 6.35. The molecular weight excluding hydrogens is 288 g/mol. The molecule has 5 heteroatoms. The van der Waals surface area contributed by atoms with Gasteiger partial charge in [0.25, 0.3) is 5.91 Å². The summed E-state index contributed by atoms with van der Waals surface area (Å²) in [6.07, 6.45) is 4.83. The minimum Gasteiger partial charge on any atom is -0.483 e. The van der Waals surface area contributed by atoms with Crippen molar-refractivity contribution >= 4 is 23.2 Å². The number of carbonyl (C=O) groups excluding carboxylic acids is 1. The minimum absolute atomic E-state index is 0.0344. The third-order valence-electron chi connectivity index (χ3n) is 4.33. The Morgan fingerprint density at radius 2 is 2.33 bits per heavy atom. The van der Waals surface area contributed by atoms with Crippen molar-refractivity contribution in [2.45, 2.75) is 32.6 Å². The van der Waals surface area contributed by atoms with E-state index in [0.717, 1.165) is 23.6 Å². The number of rotatable bonds is 4. The van der Waals surface area contributed by atoms with Gasteiger partial charge in [-0.25, -0.2) is 5.43 Å². The first kappa shape index (κ1) is 14.4. The van der Waals surface area contributed by atoms with Crippen molar-refractivity contribution in [2.75, 3.05) is 6.61 Å². The summed E-state index contributed by atoms with van der Waals surface area (Å²) in [6, 6.07) is 5.33. The van der Waals surface area contributed by atoms with Gasteiger partial charge in [0.2, 0.25) is 0 Å². The maximum atomic E-state index is 11.8. The lowest BCUT2D eigenvalue weighted by atomic mass is 9.99. The third-order valence-corrected chi connectivity index (χ3v) is 4.57. The topological polar surface area (TPSA) is 50.7 Å². The summed E-state index contributed by atoms with van der Waals surface area (Å²) in [5, 5.41) is 4.93. The fourth-order valence-electron chi connectivity index (χ4n) is 3.25. The smallest absolute Gasteiger partial charge is 0.277 e. The molecule has 4 nitrogen and oxygen atoms in total. The van der Waals surface area contributed by atoms with Crippen molar-refractivity contribution in [3.8, 4) is 5.75 Å². The lowest BCUT2D eigenvalue weighted by molar-refractivity contribution is -0.123. The number of aryl methyl sites for hydroxylation is 1. The van der Waals surface area contributed by atoms with Crippen molar-refractivity contribution in [1.82, 2.24) is 5.43 Å². The molecule has 2 bridgehead atoms. The predicted molar refractivity (Wildman–Crippen MR) is 82.7 cm³/mol. The highest BCUT2D eigenvalue weighted by atomic mass is 35.5.